The summed E-state index contributed by atoms with van der Waals surface area (Å²) >= 11 is 0. The molecule has 1 saturated heterocycles. The normalized spacial score (nSPS) is 34.0. The number of nitrogens with one attached hydrogen (secondary N) is 1. The molecule has 4 heteroatoms. The molecule has 0 spiro atoms. The summed E-state index contributed by atoms with van der Waals surface area (Å²) in [5.41, 5.74) is -1.32. The molecule has 0 aromatic heterocycles. The van der Waals surface area contributed by atoms with Crippen LogP contribution >= 0.6 is 12.4 Å². The quantitative estimate of drug-likeness (QED) is 0.563. The fourth-order valence-corrected chi connectivity index (χ4v) is 0.848. The van der Waals surface area contributed by atoms with Crippen molar-refractivity contribution in [3.05, 3.63) is 0 Å². The smallest absolute Gasteiger partial charge is 0.147 e. The topological polar surface area (TPSA) is 32.3 Å². The van der Waals surface area contributed by atoms with Crippen molar-refractivity contribution in [2.45, 2.75) is 12.1 Å². The van der Waals surface area contributed by atoms with Crippen LogP contribution in [0.15, 0.2) is 0 Å². The van der Waals surface area contributed by atoms with Crippen molar-refractivity contribution in [3.63, 3.8) is 0 Å². The van der Waals surface area contributed by atoms with Gasteiger partial charge < -0.3 is 10.4 Å². The SMILES string of the molecule is Cl.OC[C@]1(F)CCNC1. The van der Waals surface area contributed by atoms with Crippen molar-refractivity contribution >= 4 is 12.4 Å². The Morgan fingerprint density at radius 3 is 2.56 bits per heavy atom. The van der Waals surface area contributed by atoms with Crippen molar-refractivity contribution in [1.29, 1.82) is 0 Å². The first-order chi connectivity index (χ1) is 3.77. The van der Waals surface area contributed by atoms with Gasteiger partial charge in [-0.05, 0) is 13.0 Å². The number of hydrogen-bond donors (Lipinski definition) is 2. The average Bonchev–Trinajstić information content (AvgIpc) is 2.17. The van der Waals surface area contributed by atoms with Gasteiger partial charge in [-0.15, -0.1) is 12.4 Å². The summed E-state index contributed by atoms with van der Waals surface area (Å²) in [4.78, 5) is 0. The van der Waals surface area contributed by atoms with Crippen LogP contribution in [0.5, 0.6) is 0 Å². The molecule has 1 heterocycles. The number of aliphatic hydroxyl groups excluding tert-OH is 1. The third-order valence-electron chi connectivity index (χ3n) is 1.48. The molecule has 0 aromatic carbocycles. The third-order valence-corrected chi connectivity index (χ3v) is 1.48. The molecule has 0 saturated carbocycles. The van der Waals surface area contributed by atoms with Crippen LogP contribution in [0.4, 0.5) is 4.39 Å². The minimum Gasteiger partial charge on any atom is -0.393 e. The van der Waals surface area contributed by atoms with Gasteiger partial charge in [-0.3, -0.25) is 0 Å². The molecular weight excluding hydrogens is 145 g/mol. The predicted molar refractivity (Wildman–Crippen MR) is 35.7 cm³/mol. The lowest BCUT2D eigenvalue weighted by Gasteiger charge is -2.12. The van der Waals surface area contributed by atoms with Crippen molar-refractivity contribution in [3.8, 4) is 0 Å². The van der Waals surface area contributed by atoms with Gasteiger partial charge in [0.25, 0.3) is 0 Å². The fraction of sp³-hybridized carbons (Fsp3) is 1.00. The fourth-order valence-electron chi connectivity index (χ4n) is 0.848. The van der Waals surface area contributed by atoms with Gasteiger partial charge >= 0.3 is 0 Å². The van der Waals surface area contributed by atoms with Gasteiger partial charge in [-0.25, -0.2) is 4.39 Å². The second-order valence-electron chi connectivity index (χ2n) is 2.24. The van der Waals surface area contributed by atoms with E-state index in [-0.39, 0.29) is 19.0 Å². The van der Waals surface area contributed by atoms with Crippen LogP contribution in [0.25, 0.3) is 0 Å². The predicted octanol–water partition coefficient (Wildman–Crippen LogP) is 0.102. The van der Waals surface area contributed by atoms with Crippen LogP contribution in [0.3, 0.4) is 0 Å². The molecule has 0 radical (unpaired) electrons. The maximum Gasteiger partial charge on any atom is 0.147 e. The number of aliphatic hydroxyl groups is 1. The van der Waals surface area contributed by atoms with E-state index >= 15 is 0 Å². The largest absolute Gasteiger partial charge is 0.393 e. The van der Waals surface area contributed by atoms with Crippen LogP contribution in [0.2, 0.25) is 0 Å². The summed E-state index contributed by atoms with van der Waals surface area (Å²) < 4.78 is 12.7. The lowest BCUT2D eigenvalue weighted by atomic mass is 10.1. The Hall–Kier alpha value is 0.140. The first-order valence-electron chi connectivity index (χ1n) is 2.77. The number of rotatable bonds is 1. The second-order valence-corrected chi connectivity index (χ2v) is 2.24. The molecule has 0 aromatic rings. The molecule has 9 heavy (non-hydrogen) atoms. The monoisotopic (exact) mass is 155 g/mol. The van der Waals surface area contributed by atoms with E-state index in [4.69, 9.17) is 5.11 Å². The molecule has 1 aliphatic rings. The Morgan fingerprint density at radius 2 is 2.33 bits per heavy atom. The zero-order valence-corrected chi connectivity index (χ0v) is 5.88. The van der Waals surface area contributed by atoms with Crippen LogP contribution < -0.4 is 5.32 Å². The molecule has 1 aliphatic heterocycles. The van der Waals surface area contributed by atoms with Crippen LogP contribution in [0.1, 0.15) is 6.42 Å². The Balaban J connectivity index is 0.000000640. The second kappa shape index (κ2) is 3.34. The number of halogens is 2. The average molecular weight is 156 g/mol. The van der Waals surface area contributed by atoms with E-state index in [0.717, 1.165) is 0 Å². The summed E-state index contributed by atoms with van der Waals surface area (Å²) in [5, 5.41) is 11.2. The summed E-state index contributed by atoms with van der Waals surface area (Å²) in [6.07, 6.45) is 0.448. The summed E-state index contributed by atoms with van der Waals surface area (Å²) in [6.45, 7) is 0.653. The molecule has 2 nitrogen and oxygen atoms in total. The highest BCUT2D eigenvalue weighted by Crippen LogP contribution is 2.17. The Kier molecular flexibility index (Phi) is 3.40. The lowest BCUT2D eigenvalue weighted by Crippen LogP contribution is -2.29. The number of hydrogen-bond acceptors (Lipinski definition) is 2. The van der Waals surface area contributed by atoms with E-state index in [1.807, 2.05) is 0 Å². The van der Waals surface area contributed by atoms with E-state index in [0.29, 0.717) is 19.5 Å². The Morgan fingerprint density at radius 1 is 1.67 bits per heavy atom. The van der Waals surface area contributed by atoms with Crippen LogP contribution in [-0.4, -0.2) is 30.5 Å². The van der Waals surface area contributed by atoms with Crippen LogP contribution in [0, 0.1) is 0 Å². The lowest BCUT2D eigenvalue weighted by molar-refractivity contribution is 0.0894. The maximum absolute atomic E-state index is 12.7. The first-order valence-corrected chi connectivity index (χ1v) is 2.77. The minimum absolute atomic E-state index is 0. The Labute approximate surface area is 59.9 Å². The van der Waals surface area contributed by atoms with Crippen LogP contribution in [-0.2, 0) is 0 Å². The molecule has 0 aliphatic carbocycles. The molecule has 2 N–H and O–H groups in total. The Bertz CT molecular complexity index is 85.0. The van der Waals surface area contributed by atoms with Gasteiger partial charge in [0.05, 0.1) is 6.61 Å². The van der Waals surface area contributed by atoms with Gasteiger partial charge in [0.1, 0.15) is 5.67 Å². The van der Waals surface area contributed by atoms with Gasteiger partial charge in [0.15, 0.2) is 0 Å². The highest BCUT2D eigenvalue weighted by Gasteiger charge is 2.32. The van der Waals surface area contributed by atoms with Crippen molar-refractivity contribution in [2.75, 3.05) is 19.7 Å². The molecular formula is C5H11ClFNO. The van der Waals surface area contributed by atoms with Gasteiger partial charge in [0.2, 0.25) is 0 Å². The number of alkyl halides is 1. The summed E-state index contributed by atoms with van der Waals surface area (Å²) in [7, 11) is 0. The van der Waals surface area contributed by atoms with Crippen molar-refractivity contribution in [2.24, 2.45) is 0 Å². The van der Waals surface area contributed by atoms with E-state index in [2.05, 4.69) is 5.32 Å². The molecule has 56 valence electrons. The maximum atomic E-state index is 12.7. The molecule has 1 rings (SSSR count). The van der Waals surface area contributed by atoms with E-state index in [1.54, 1.807) is 0 Å². The van der Waals surface area contributed by atoms with Crippen molar-refractivity contribution in [1.82, 2.24) is 5.32 Å². The molecule has 0 amide bonds. The minimum atomic E-state index is -1.32. The summed E-state index contributed by atoms with van der Waals surface area (Å²) in [6, 6.07) is 0. The zero-order valence-electron chi connectivity index (χ0n) is 5.06. The molecule has 1 fully saturated rings. The highest BCUT2D eigenvalue weighted by molar-refractivity contribution is 5.85. The third kappa shape index (κ3) is 2.08. The standard InChI is InChI=1S/C5H10FNO.ClH/c6-5(4-8)1-2-7-3-5;/h7-8H,1-4H2;1H/t5-;/m0./s1. The molecule has 1 atom stereocenters. The molecule has 0 unspecified atom stereocenters. The molecule has 0 bridgehead atoms. The van der Waals surface area contributed by atoms with E-state index in [9.17, 15) is 4.39 Å². The van der Waals surface area contributed by atoms with E-state index < -0.39 is 5.67 Å². The van der Waals surface area contributed by atoms with Gasteiger partial charge in [-0.1, -0.05) is 0 Å². The first kappa shape index (κ1) is 9.14. The zero-order chi connectivity index (χ0) is 6.04. The summed E-state index contributed by atoms with van der Waals surface area (Å²) in [5.74, 6) is 0. The van der Waals surface area contributed by atoms with E-state index in [1.165, 1.54) is 0 Å². The highest BCUT2D eigenvalue weighted by atomic mass is 35.5. The van der Waals surface area contributed by atoms with Gasteiger partial charge in [0, 0.05) is 6.54 Å². The van der Waals surface area contributed by atoms with Crippen molar-refractivity contribution < 1.29 is 9.50 Å². The van der Waals surface area contributed by atoms with Gasteiger partial charge in [-0.2, -0.15) is 0 Å².